The maximum Gasteiger partial charge on any atom is 0.274 e. The van der Waals surface area contributed by atoms with Crippen LogP contribution in [0.1, 0.15) is 44.9 Å². The van der Waals surface area contributed by atoms with Crippen LogP contribution in [-0.2, 0) is 39.4 Å². The van der Waals surface area contributed by atoms with Gasteiger partial charge in [-0.15, -0.1) is 0 Å². The van der Waals surface area contributed by atoms with Crippen molar-refractivity contribution in [2.24, 2.45) is 7.05 Å². The van der Waals surface area contributed by atoms with Crippen LogP contribution in [0.3, 0.4) is 0 Å². The number of aromatic nitrogens is 2. The molecule has 0 fully saturated rings. The second kappa shape index (κ2) is 8.75. The minimum atomic E-state index is 0.0586. The van der Waals surface area contributed by atoms with E-state index in [9.17, 15) is 4.79 Å². The number of amides is 1. The number of benzene rings is 2. The van der Waals surface area contributed by atoms with Crippen LogP contribution in [0.2, 0.25) is 5.02 Å². The highest BCUT2D eigenvalue weighted by Crippen LogP contribution is 2.32. The summed E-state index contributed by atoms with van der Waals surface area (Å²) in [5, 5.41) is 5.47. The Morgan fingerprint density at radius 1 is 1.06 bits per heavy atom. The third kappa shape index (κ3) is 3.89. The van der Waals surface area contributed by atoms with Crippen molar-refractivity contribution in [1.82, 2.24) is 19.6 Å². The molecule has 0 bridgehead atoms. The van der Waals surface area contributed by atoms with Crippen molar-refractivity contribution in [3.05, 3.63) is 81.1 Å². The summed E-state index contributed by atoms with van der Waals surface area (Å²) in [5.74, 6) is 0.981. The number of nitrogens with zero attached hydrogens (tertiary/aromatic N) is 4. The van der Waals surface area contributed by atoms with Crippen LogP contribution in [0.15, 0.2) is 42.5 Å². The van der Waals surface area contributed by atoms with Crippen molar-refractivity contribution in [2.75, 3.05) is 19.7 Å². The van der Waals surface area contributed by atoms with Crippen molar-refractivity contribution in [1.29, 1.82) is 0 Å². The van der Waals surface area contributed by atoms with E-state index in [1.54, 1.807) is 0 Å². The lowest BCUT2D eigenvalue weighted by atomic mass is 9.89. The first-order valence-electron chi connectivity index (χ1n) is 12.1. The summed E-state index contributed by atoms with van der Waals surface area (Å²) in [4.78, 5) is 18.1. The molecule has 2 aliphatic heterocycles. The first kappa shape index (κ1) is 21.7. The molecule has 3 aliphatic rings. The smallest absolute Gasteiger partial charge is 0.274 e. The van der Waals surface area contributed by atoms with Crippen LogP contribution >= 0.6 is 11.6 Å². The largest absolute Gasteiger partial charge is 0.492 e. The molecule has 0 radical (unpaired) electrons. The average molecular weight is 477 g/mol. The zero-order chi connectivity index (χ0) is 23.2. The number of aryl methyl sites for hydroxylation is 1. The fraction of sp³-hybridized carbons (Fsp3) is 0.407. The molecule has 0 unspecified atom stereocenters. The molecule has 6 rings (SSSR count). The van der Waals surface area contributed by atoms with Gasteiger partial charge in [0.15, 0.2) is 5.69 Å². The van der Waals surface area contributed by atoms with Crippen LogP contribution < -0.4 is 4.74 Å². The van der Waals surface area contributed by atoms with E-state index >= 15 is 0 Å². The molecule has 6 nitrogen and oxygen atoms in total. The predicted octanol–water partition coefficient (Wildman–Crippen LogP) is 4.02. The molecular formula is C27H29ClN4O2. The normalized spacial score (nSPS) is 20.1. The van der Waals surface area contributed by atoms with Crippen LogP contribution in [0.5, 0.6) is 5.75 Å². The van der Waals surface area contributed by atoms with Gasteiger partial charge in [0.05, 0.1) is 0 Å². The third-order valence-corrected chi connectivity index (χ3v) is 7.83. The third-order valence-electron chi connectivity index (χ3n) is 7.60. The van der Waals surface area contributed by atoms with E-state index in [2.05, 4.69) is 29.2 Å². The van der Waals surface area contributed by atoms with Gasteiger partial charge in [-0.1, -0.05) is 35.9 Å². The minimum absolute atomic E-state index is 0.0586. The van der Waals surface area contributed by atoms with Crippen molar-refractivity contribution in [3.8, 4) is 5.75 Å². The lowest BCUT2D eigenvalue weighted by Crippen LogP contribution is -2.41. The Hall–Kier alpha value is -2.83. The minimum Gasteiger partial charge on any atom is -0.492 e. The molecule has 0 spiro atoms. The summed E-state index contributed by atoms with van der Waals surface area (Å²) in [6, 6.07) is 14.6. The zero-order valence-electron chi connectivity index (χ0n) is 19.5. The fourth-order valence-electron chi connectivity index (χ4n) is 5.77. The molecular weight excluding hydrogens is 448 g/mol. The number of ether oxygens (including phenoxy) is 1. The molecule has 3 heterocycles. The quantitative estimate of drug-likeness (QED) is 0.560. The Kier molecular flexibility index (Phi) is 5.58. The molecule has 0 saturated heterocycles. The lowest BCUT2D eigenvalue weighted by molar-refractivity contribution is 0.0725. The van der Waals surface area contributed by atoms with Gasteiger partial charge in [0, 0.05) is 61.1 Å². The summed E-state index contributed by atoms with van der Waals surface area (Å²) < 4.78 is 7.92. The number of hydrogen-bond donors (Lipinski definition) is 0. The second-order valence-corrected chi connectivity index (χ2v) is 10.0. The van der Waals surface area contributed by atoms with Crippen LogP contribution in [0, 0.1) is 0 Å². The van der Waals surface area contributed by atoms with Crippen LogP contribution in [0.25, 0.3) is 0 Å². The van der Waals surface area contributed by atoms with Gasteiger partial charge in [-0.3, -0.25) is 14.4 Å². The van der Waals surface area contributed by atoms with Crippen LogP contribution in [-0.4, -0.2) is 51.2 Å². The van der Waals surface area contributed by atoms with Gasteiger partial charge in [-0.05, 0) is 55.0 Å². The molecule has 2 aromatic carbocycles. The van der Waals surface area contributed by atoms with Gasteiger partial charge in [-0.25, -0.2) is 0 Å². The summed E-state index contributed by atoms with van der Waals surface area (Å²) >= 11 is 6.27. The van der Waals surface area contributed by atoms with E-state index in [0.717, 1.165) is 67.2 Å². The van der Waals surface area contributed by atoms with Gasteiger partial charge in [0.2, 0.25) is 0 Å². The zero-order valence-corrected chi connectivity index (χ0v) is 20.2. The van der Waals surface area contributed by atoms with E-state index in [-0.39, 0.29) is 5.91 Å². The number of carbonyl (C=O) groups is 1. The van der Waals surface area contributed by atoms with Gasteiger partial charge in [0.1, 0.15) is 12.4 Å². The van der Waals surface area contributed by atoms with Crippen molar-refractivity contribution in [2.45, 2.75) is 44.8 Å². The molecule has 0 N–H and O–H groups in total. The Balaban J connectivity index is 1.24. The van der Waals surface area contributed by atoms with Crippen molar-refractivity contribution >= 4 is 17.5 Å². The van der Waals surface area contributed by atoms with Crippen molar-refractivity contribution in [3.63, 3.8) is 0 Å². The number of fused-ring (bicyclic) bond motifs is 3. The Bertz CT molecular complexity index is 1250. The van der Waals surface area contributed by atoms with E-state index in [1.165, 1.54) is 16.8 Å². The highest BCUT2D eigenvalue weighted by atomic mass is 35.5. The molecule has 1 aromatic heterocycles. The molecule has 0 saturated carbocycles. The monoisotopic (exact) mass is 476 g/mol. The van der Waals surface area contributed by atoms with Gasteiger partial charge in [-0.2, -0.15) is 5.10 Å². The highest BCUT2D eigenvalue weighted by molar-refractivity contribution is 6.30. The van der Waals surface area contributed by atoms with E-state index < -0.39 is 0 Å². The number of carbonyl (C=O) groups excluding carboxylic acids is 1. The molecule has 1 amide bonds. The lowest BCUT2D eigenvalue weighted by Gasteiger charge is -2.34. The topological polar surface area (TPSA) is 50.6 Å². The summed E-state index contributed by atoms with van der Waals surface area (Å²) in [5.41, 5.74) is 6.68. The highest BCUT2D eigenvalue weighted by Gasteiger charge is 2.34. The standard InChI is InChI=1S/C27H29ClN4O2/c1-30-24-8-7-22(31-12-13-34-25-9-6-21(28)14-20(25)17-31)15-23(24)26(29-30)27(33)32-11-10-18-4-2-3-5-19(18)16-32/h2-6,9,14,22H,7-8,10-13,15-17H2,1H3/t22-/m0/s1. The molecule has 7 heteroatoms. The van der Waals surface area contributed by atoms with E-state index in [4.69, 9.17) is 21.4 Å². The number of rotatable bonds is 2. The maximum absolute atomic E-state index is 13.6. The molecule has 34 heavy (non-hydrogen) atoms. The molecule has 1 atom stereocenters. The van der Waals surface area contributed by atoms with Gasteiger partial charge >= 0.3 is 0 Å². The first-order valence-corrected chi connectivity index (χ1v) is 12.5. The number of halogens is 1. The summed E-state index contributed by atoms with van der Waals surface area (Å²) in [6.07, 6.45) is 3.71. The van der Waals surface area contributed by atoms with Crippen LogP contribution in [0.4, 0.5) is 0 Å². The summed E-state index contributed by atoms with van der Waals surface area (Å²) in [6.45, 7) is 3.72. The second-order valence-electron chi connectivity index (χ2n) is 9.61. The Morgan fingerprint density at radius 3 is 2.79 bits per heavy atom. The molecule has 3 aromatic rings. The predicted molar refractivity (Wildman–Crippen MR) is 131 cm³/mol. The average Bonchev–Trinajstić information content (AvgIpc) is 3.04. The first-order chi connectivity index (χ1) is 16.6. The molecule has 176 valence electrons. The number of hydrogen-bond acceptors (Lipinski definition) is 4. The fourth-order valence-corrected chi connectivity index (χ4v) is 5.96. The van der Waals surface area contributed by atoms with Gasteiger partial charge < -0.3 is 9.64 Å². The SMILES string of the molecule is Cn1nc(C(=O)N2CCc3ccccc3C2)c2c1CC[C@H](N1CCOc3ccc(Cl)cc3C1)C2. The van der Waals surface area contributed by atoms with E-state index in [1.807, 2.05) is 34.8 Å². The Labute approximate surface area is 205 Å². The van der Waals surface area contributed by atoms with Crippen molar-refractivity contribution < 1.29 is 9.53 Å². The Morgan fingerprint density at radius 2 is 1.91 bits per heavy atom. The van der Waals surface area contributed by atoms with Gasteiger partial charge in [0.25, 0.3) is 5.91 Å². The summed E-state index contributed by atoms with van der Waals surface area (Å²) in [7, 11) is 1.97. The van der Waals surface area contributed by atoms with E-state index in [0.29, 0.717) is 24.9 Å². The molecule has 1 aliphatic carbocycles. The maximum atomic E-state index is 13.6.